The average Bonchev–Trinajstić information content (AvgIpc) is 3.27. The Morgan fingerprint density at radius 2 is 1.93 bits per heavy atom. The van der Waals surface area contributed by atoms with E-state index in [1.165, 1.54) is 11.0 Å². The number of aromatic nitrogens is 5. The van der Waals surface area contributed by atoms with Crippen molar-refractivity contribution >= 4 is 5.52 Å². The Kier molecular flexibility index (Phi) is 4.41. The fourth-order valence-electron chi connectivity index (χ4n) is 3.14. The molecule has 0 bridgehead atoms. The summed E-state index contributed by atoms with van der Waals surface area (Å²) in [5.41, 5.74) is 12.1. The second-order valence-electron chi connectivity index (χ2n) is 6.35. The number of nitrogens with zero attached hydrogens (tertiary/aromatic N) is 5. The average molecular weight is 368 g/mol. The number of halogens is 2. The van der Waals surface area contributed by atoms with E-state index in [1.807, 2.05) is 31.3 Å². The molecule has 27 heavy (non-hydrogen) atoms. The SMILES string of the molecule is Cc1cc(-c2ncnn3cc(-c4cnn(CC(F)F)c4)cc23)ccc1CN. The molecule has 1 aromatic carbocycles. The van der Waals surface area contributed by atoms with Gasteiger partial charge in [0.05, 0.1) is 17.4 Å². The molecule has 138 valence electrons. The van der Waals surface area contributed by atoms with Gasteiger partial charge in [-0.3, -0.25) is 4.68 Å². The van der Waals surface area contributed by atoms with Gasteiger partial charge >= 0.3 is 0 Å². The molecule has 0 aliphatic rings. The van der Waals surface area contributed by atoms with E-state index in [9.17, 15) is 8.78 Å². The molecule has 8 heteroatoms. The summed E-state index contributed by atoms with van der Waals surface area (Å²) in [6, 6.07) is 7.98. The van der Waals surface area contributed by atoms with Crippen molar-refractivity contribution in [1.82, 2.24) is 24.4 Å². The van der Waals surface area contributed by atoms with E-state index in [-0.39, 0.29) is 0 Å². The van der Waals surface area contributed by atoms with E-state index in [2.05, 4.69) is 21.2 Å². The molecule has 0 aliphatic carbocycles. The summed E-state index contributed by atoms with van der Waals surface area (Å²) in [5, 5.41) is 8.26. The lowest BCUT2D eigenvalue weighted by molar-refractivity contribution is 0.122. The van der Waals surface area contributed by atoms with E-state index in [0.29, 0.717) is 6.54 Å². The molecule has 0 radical (unpaired) electrons. The quantitative estimate of drug-likeness (QED) is 0.587. The first-order valence-electron chi connectivity index (χ1n) is 8.49. The van der Waals surface area contributed by atoms with Crippen LogP contribution in [0.15, 0.2) is 49.2 Å². The molecule has 3 heterocycles. The van der Waals surface area contributed by atoms with Gasteiger partial charge in [-0.1, -0.05) is 12.1 Å². The summed E-state index contributed by atoms with van der Waals surface area (Å²) < 4.78 is 28.0. The standard InChI is InChI=1S/C19H18F2N6/c1-12-4-13(2-3-14(12)6-22)19-17-5-15(9-27(17)25-11-23-19)16-7-24-26(8-16)10-18(20)21/h2-5,7-9,11,18H,6,10,22H2,1H3. The minimum atomic E-state index is -2.44. The summed E-state index contributed by atoms with van der Waals surface area (Å²) in [7, 11) is 0. The van der Waals surface area contributed by atoms with Crippen LogP contribution in [-0.4, -0.2) is 30.8 Å². The van der Waals surface area contributed by atoms with Crippen LogP contribution in [0.25, 0.3) is 27.9 Å². The maximum absolute atomic E-state index is 12.5. The Morgan fingerprint density at radius 3 is 2.67 bits per heavy atom. The molecule has 0 fully saturated rings. The van der Waals surface area contributed by atoms with Gasteiger partial charge in [0.25, 0.3) is 6.43 Å². The van der Waals surface area contributed by atoms with Crippen LogP contribution in [0.2, 0.25) is 0 Å². The topological polar surface area (TPSA) is 74.0 Å². The highest BCUT2D eigenvalue weighted by atomic mass is 19.3. The molecule has 6 nitrogen and oxygen atoms in total. The van der Waals surface area contributed by atoms with Gasteiger partial charge < -0.3 is 5.73 Å². The van der Waals surface area contributed by atoms with Gasteiger partial charge in [-0.25, -0.2) is 18.3 Å². The van der Waals surface area contributed by atoms with Crippen LogP contribution in [0.1, 0.15) is 11.1 Å². The van der Waals surface area contributed by atoms with Gasteiger partial charge in [-0.15, -0.1) is 0 Å². The van der Waals surface area contributed by atoms with Crippen LogP contribution in [-0.2, 0) is 13.1 Å². The molecular formula is C19H18F2N6. The third kappa shape index (κ3) is 3.31. The maximum atomic E-state index is 12.5. The van der Waals surface area contributed by atoms with Crippen LogP contribution in [0, 0.1) is 6.92 Å². The van der Waals surface area contributed by atoms with Crippen molar-refractivity contribution in [3.8, 4) is 22.4 Å². The molecule has 4 rings (SSSR count). The fraction of sp³-hybridized carbons (Fsp3) is 0.211. The fourth-order valence-corrected chi connectivity index (χ4v) is 3.14. The lowest BCUT2D eigenvalue weighted by Gasteiger charge is -2.07. The Labute approximate surface area is 154 Å². The molecule has 0 saturated heterocycles. The number of benzene rings is 1. The van der Waals surface area contributed by atoms with Gasteiger partial charge in [0, 0.05) is 35.6 Å². The number of nitrogens with two attached hydrogens (primary N) is 1. The summed E-state index contributed by atoms with van der Waals surface area (Å²) in [4.78, 5) is 4.44. The highest BCUT2D eigenvalue weighted by Gasteiger charge is 2.13. The van der Waals surface area contributed by atoms with Gasteiger partial charge in [0.1, 0.15) is 12.9 Å². The third-order valence-corrected chi connectivity index (χ3v) is 4.53. The van der Waals surface area contributed by atoms with Crippen molar-refractivity contribution in [3.63, 3.8) is 0 Å². The first-order chi connectivity index (χ1) is 13.0. The molecule has 0 atom stereocenters. The van der Waals surface area contributed by atoms with Crippen LogP contribution in [0.5, 0.6) is 0 Å². The Morgan fingerprint density at radius 1 is 1.07 bits per heavy atom. The highest BCUT2D eigenvalue weighted by Crippen LogP contribution is 2.28. The van der Waals surface area contributed by atoms with Crippen molar-refractivity contribution in [2.45, 2.75) is 26.4 Å². The van der Waals surface area contributed by atoms with Crippen molar-refractivity contribution in [2.24, 2.45) is 5.73 Å². The van der Waals surface area contributed by atoms with E-state index >= 15 is 0 Å². The van der Waals surface area contributed by atoms with Gasteiger partial charge in [0.15, 0.2) is 0 Å². The molecule has 4 aromatic rings. The predicted molar refractivity (Wildman–Crippen MR) is 98.3 cm³/mol. The number of alkyl halides is 2. The van der Waals surface area contributed by atoms with Crippen LogP contribution in [0.3, 0.4) is 0 Å². The summed E-state index contributed by atoms with van der Waals surface area (Å²) in [6.07, 6.45) is 4.07. The number of rotatable bonds is 5. The summed E-state index contributed by atoms with van der Waals surface area (Å²) >= 11 is 0. The molecular weight excluding hydrogens is 350 g/mol. The van der Waals surface area contributed by atoms with Gasteiger partial charge in [0.2, 0.25) is 0 Å². The summed E-state index contributed by atoms with van der Waals surface area (Å²) in [6.45, 7) is 2.08. The molecule has 0 unspecified atom stereocenters. The largest absolute Gasteiger partial charge is 0.326 e. The summed E-state index contributed by atoms with van der Waals surface area (Å²) in [5.74, 6) is 0. The number of aryl methyl sites for hydroxylation is 1. The monoisotopic (exact) mass is 368 g/mol. The van der Waals surface area contributed by atoms with E-state index in [4.69, 9.17) is 5.73 Å². The van der Waals surface area contributed by atoms with Crippen molar-refractivity contribution in [1.29, 1.82) is 0 Å². The van der Waals surface area contributed by atoms with Gasteiger partial charge in [-0.2, -0.15) is 10.2 Å². The number of hydrogen-bond donors (Lipinski definition) is 1. The Bertz CT molecular complexity index is 1100. The normalized spacial score (nSPS) is 11.6. The predicted octanol–water partition coefficient (Wildman–Crippen LogP) is 3.29. The van der Waals surface area contributed by atoms with E-state index in [0.717, 1.165) is 39.0 Å². The second-order valence-corrected chi connectivity index (χ2v) is 6.35. The van der Waals surface area contributed by atoms with Crippen molar-refractivity contribution in [3.05, 3.63) is 60.3 Å². The van der Waals surface area contributed by atoms with Crippen LogP contribution >= 0.6 is 0 Å². The highest BCUT2D eigenvalue weighted by molar-refractivity contribution is 5.81. The molecule has 0 amide bonds. The smallest absolute Gasteiger partial charge is 0.257 e. The van der Waals surface area contributed by atoms with Gasteiger partial charge in [-0.05, 0) is 30.2 Å². The molecule has 2 N–H and O–H groups in total. The molecule has 3 aromatic heterocycles. The first-order valence-corrected chi connectivity index (χ1v) is 8.49. The maximum Gasteiger partial charge on any atom is 0.257 e. The lowest BCUT2D eigenvalue weighted by Crippen LogP contribution is -2.06. The van der Waals surface area contributed by atoms with Crippen LogP contribution < -0.4 is 5.73 Å². The zero-order valence-corrected chi connectivity index (χ0v) is 14.7. The minimum Gasteiger partial charge on any atom is -0.326 e. The molecule has 0 spiro atoms. The molecule has 0 saturated carbocycles. The second kappa shape index (κ2) is 6.88. The zero-order chi connectivity index (χ0) is 19.0. The zero-order valence-electron chi connectivity index (χ0n) is 14.7. The van der Waals surface area contributed by atoms with E-state index in [1.54, 1.807) is 16.9 Å². The number of hydrogen-bond acceptors (Lipinski definition) is 4. The molecule has 0 aliphatic heterocycles. The third-order valence-electron chi connectivity index (χ3n) is 4.53. The Balaban J connectivity index is 1.76. The van der Waals surface area contributed by atoms with Crippen molar-refractivity contribution < 1.29 is 8.78 Å². The Hall–Kier alpha value is -3.13. The number of fused-ring (bicyclic) bond motifs is 1. The van der Waals surface area contributed by atoms with Crippen LogP contribution in [0.4, 0.5) is 8.78 Å². The lowest BCUT2D eigenvalue weighted by atomic mass is 10.0. The van der Waals surface area contributed by atoms with E-state index < -0.39 is 13.0 Å². The first kappa shape index (κ1) is 17.3. The minimum absolute atomic E-state index is 0.425. The van der Waals surface area contributed by atoms with Crippen molar-refractivity contribution in [2.75, 3.05) is 0 Å².